The van der Waals surface area contributed by atoms with Gasteiger partial charge in [0.05, 0.1) is 0 Å². The molecule has 0 aliphatic carbocycles. The number of hydrogen-bond acceptors (Lipinski definition) is 5. The Labute approximate surface area is 311 Å². The summed E-state index contributed by atoms with van der Waals surface area (Å²) in [5.41, 5.74) is 9.06. The second-order valence-electron chi connectivity index (χ2n) is 13.6. The van der Waals surface area contributed by atoms with Gasteiger partial charge in [-0.15, -0.1) is 22.7 Å². The monoisotopic (exact) mass is 713 g/mol. The van der Waals surface area contributed by atoms with Crippen molar-refractivity contribution in [1.82, 2.24) is 0 Å². The Morgan fingerprint density at radius 1 is 0.358 bits per heavy atom. The van der Waals surface area contributed by atoms with Crippen LogP contribution in [0, 0.1) is 0 Å². The van der Waals surface area contributed by atoms with Crippen LogP contribution in [-0.2, 0) is 0 Å². The van der Waals surface area contributed by atoms with Crippen molar-refractivity contribution < 1.29 is 8.83 Å². The van der Waals surface area contributed by atoms with Gasteiger partial charge in [-0.2, -0.15) is 0 Å². The zero-order valence-electron chi connectivity index (χ0n) is 28.2. The summed E-state index contributed by atoms with van der Waals surface area (Å²) in [6, 6.07) is 58.8. The van der Waals surface area contributed by atoms with E-state index in [1.807, 2.05) is 34.8 Å². The van der Waals surface area contributed by atoms with E-state index in [0.717, 1.165) is 66.7 Å². The van der Waals surface area contributed by atoms with Crippen molar-refractivity contribution >= 4 is 124 Å². The minimum atomic E-state index is 0.870. The molecule has 0 fully saturated rings. The maximum atomic E-state index is 6.55. The number of anilines is 3. The third kappa shape index (κ3) is 4.32. The van der Waals surface area contributed by atoms with Crippen LogP contribution in [0.25, 0.3) is 95.3 Å². The SMILES string of the molecule is c1cc(-c2cccc3oc4ccc5c6ccccc6sc5c4c23)cc(N(c2ccc3c(c2)oc2ccccc23)c2ccc3c(c2)sc2ccccc23)c1. The molecule has 4 heterocycles. The van der Waals surface area contributed by atoms with Crippen molar-refractivity contribution in [3.05, 3.63) is 164 Å². The summed E-state index contributed by atoms with van der Waals surface area (Å²) < 4.78 is 18.1. The van der Waals surface area contributed by atoms with Crippen LogP contribution in [0.3, 0.4) is 0 Å². The van der Waals surface area contributed by atoms with E-state index in [2.05, 4.69) is 157 Å². The van der Waals surface area contributed by atoms with Crippen LogP contribution in [0.4, 0.5) is 17.1 Å². The number of rotatable bonds is 4. The highest BCUT2D eigenvalue weighted by atomic mass is 32.1. The summed E-state index contributed by atoms with van der Waals surface area (Å²) in [6.07, 6.45) is 0. The van der Waals surface area contributed by atoms with Crippen LogP contribution in [0.2, 0.25) is 0 Å². The Bertz CT molecular complexity index is 3320. The van der Waals surface area contributed by atoms with E-state index in [1.54, 1.807) is 0 Å². The lowest BCUT2D eigenvalue weighted by Gasteiger charge is -2.26. The van der Waals surface area contributed by atoms with E-state index in [9.17, 15) is 0 Å². The molecule has 0 bridgehead atoms. The van der Waals surface area contributed by atoms with Gasteiger partial charge in [-0.05, 0) is 83.9 Å². The Morgan fingerprint density at radius 3 is 1.85 bits per heavy atom. The molecular formula is C48H27NO2S2. The number of thiophene rings is 2. The van der Waals surface area contributed by atoms with Gasteiger partial charge in [-0.3, -0.25) is 0 Å². The van der Waals surface area contributed by atoms with E-state index >= 15 is 0 Å². The van der Waals surface area contributed by atoms with Gasteiger partial charge >= 0.3 is 0 Å². The average molecular weight is 714 g/mol. The maximum Gasteiger partial charge on any atom is 0.137 e. The summed E-state index contributed by atoms with van der Waals surface area (Å²) in [6.45, 7) is 0. The standard InChI is InChI=1S/C48H27NO2S2/c1-4-15-39-33(11-1)34-21-19-30(26-42(34)50-39)49(31-20-22-37-35-12-2-5-17-43(35)52-45(37)27-31)29-10-7-9-28(25-29)32-14-8-16-40-46(32)47-41(51-40)24-23-38-36-13-3-6-18-44(36)53-48(38)47/h1-27H. The van der Waals surface area contributed by atoms with Gasteiger partial charge in [-0.25, -0.2) is 0 Å². The van der Waals surface area contributed by atoms with Gasteiger partial charge in [0.15, 0.2) is 0 Å². The lowest BCUT2D eigenvalue weighted by molar-refractivity contribution is 0.668. The fourth-order valence-corrected chi connectivity index (χ4v) is 10.7. The molecule has 0 unspecified atom stereocenters. The first kappa shape index (κ1) is 29.2. The largest absolute Gasteiger partial charge is 0.456 e. The Kier molecular flexibility index (Phi) is 6.09. The van der Waals surface area contributed by atoms with Gasteiger partial charge in [-0.1, -0.05) is 84.9 Å². The zero-order chi connectivity index (χ0) is 34.6. The van der Waals surface area contributed by atoms with Crippen LogP contribution in [0.15, 0.2) is 173 Å². The van der Waals surface area contributed by atoms with Crippen LogP contribution in [0.5, 0.6) is 0 Å². The summed E-state index contributed by atoms with van der Waals surface area (Å²) in [5, 5.41) is 9.71. The molecule has 3 nitrogen and oxygen atoms in total. The van der Waals surface area contributed by atoms with E-state index in [4.69, 9.17) is 8.83 Å². The molecule has 4 aromatic heterocycles. The minimum Gasteiger partial charge on any atom is -0.456 e. The molecule has 0 N–H and O–H groups in total. The lowest BCUT2D eigenvalue weighted by atomic mass is 9.98. The van der Waals surface area contributed by atoms with Gasteiger partial charge in [0.1, 0.15) is 22.3 Å². The second-order valence-corrected chi connectivity index (χ2v) is 15.8. The summed E-state index contributed by atoms with van der Waals surface area (Å²) in [5.74, 6) is 0. The molecule has 0 amide bonds. The van der Waals surface area contributed by atoms with E-state index in [0.29, 0.717) is 0 Å². The molecule has 8 aromatic carbocycles. The quantitative estimate of drug-likeness (QED) is 0.182. The highest BCUT2D eigenvalue weighted by Crippen LogP contribution is 2.47. The predicted octanol–water partition coefficient (Wildman–Crippen LogP) is 15.4. The minimum absolute atomic E-state index is 0.870. The number of benzene rings is 8. The van der Waals surface area contributed by atoms with E-state index < -0.39 is 0 Å². The van der Waals surface area contributed by atoms with E-state index in [1.165, 1.54) is 45.7 Å². The van der Waals surface area contributed by atoms with Crippen LogP contribution < -0.4 is 4.90 Å². The molecule has 0 saturated heterocycles. The first-order valence-electron chi connectivity index (χ1n) is 17.7. The fourth-order valence-electron chi connectivity index (χ4n) is 8.29. The topological polar surface area (TPSA) is 29.5 Å². The Morgan fingerprint density at radius 2 is 0.962 bits per heavy atom. The van der Waals surface area contributed by atoms with Crippen LogP contribution in [0.1, 0.15) is 0 Å². The highest BCUT2D eigenvalue weighted by Gasteiger charge is 2.21. The maximum absolute atomic E-state index is 6.55. The number of hydrogen-bond donors (Lipinski definition) is 0. The summed E-state index contributed by atoms with van der Waals surface area (Å²) in [4.78, 5) is 2.36. The van der Waals surface area contributed by atoms with Crippen molar-refractivity contribution in [3.8, 4) is 11.1 Å². The summed E-state index contributed by atoms with van der Waals surface area (Å²) in [7, 11) is 0. The molecule has 0 saturated carbocycles. The number of fused-ring (bicyclic) bond motifs is 13. The molecule has 5 heteroatoms. The molecule has 53 heavy (non-hydrogen) atoms. The third-order valence-corrected chi connectivity index (χ3v) is 13.0. The highest BCUT2D eigenvalue weighted by molar-refractivity contribution is 7.27. The van der Waals surface area contributed by atoms with E-state index in [-0.39, 0.29) is 0 Å². The molecule has 0 atom stereocenters. The average Bonchev–Trinajstić information content (AvgIpc) is 3.97. The van der Waals surface area contributed by atoms with Crippen molar-refractivity contribution in [2.45, 2.75) is 0 Å². The third-order valence-electron chi connectivity index (χ3n) is 10.7. The Balaban J connectivity index is 1.09. The van der Waals surface area contributed by atoms with Crippen molar-refractivity contribution in [1.29, 1.82) is 0 Å². The molecule has 248 valence electrons. The molecule has 0 aliphatic rings. The second kappa shape index (κ2) is 11.1. The van der Waals surface area contributed by atoms with Gasteiger partial charge in [0.2, 0.25) is 0 Å². The van der Waals surface area contributed by atoms with Crippen molar-refractivity contribution in [3.63, 3.8) is 0 Å². The molecule has 0 radical (unpaired) electrons. The number of para-hydroxylation sites is 1. The zero-order valence-corrected chi connectivity index (χ0v) is 29.8. The first-order valence-corrected chi connectivity index (χ1v) is 19.4. The van der Waals surface area contributed by atoms with Crippen LogP contribution in [-0.4, -0.2) is 0 Å². The predicted molar refractivity (Wildman–Crippen MR) is 227 cm³/mol. The summed E-state index contributed by atoms with van der Waals surface area (Å²) >= 11 is 3.69. The smallest absolute Gasteiger partial charge is 0.137 e. The van der Waals surface area contributed by atoms with Gasteiger partial charge in [0.25, 0.3) is 0 Å². The van der Waals surface area contributed by atoms with Gasteiger partial charge in [0, 0.05) is 85.0 Å². The number of nitrogens with zero attached hydrogens (tertiary/aromatic N) is 1. The molecule has 0 aliphatic heterocycles. The van der Waals surface area contributed by atoms with Crippen molar-refractivity contribution in [2.75, 3.05) is 4.90 Å². The lowest BCUT2D eigenvalue weighted by Crippen LogP contribution is -2.09. The fraction of sp³-hybridized carbons (Fsp3) is 0. The molecule has 0 spiro atoms. The molecule has 12 aromatic rings. The van der Waals surface area contributed by atoms with Crippen molar-refractivity contribution in [2.24, 2.45) is 0 Å². The van der Waals surface area contributed by atoms with Gasteiger partial charge < -0.3 is 13.7 Å². The molecular weight excluding hydrogens is 687 g/mol. The first-order chi connectivity index (χ1) is 26.2. The number of furan rings is 2. The van der Waals surface area contributed by atoms with Crippen LogP contribution >= 0.6 is 22.7 Å². The normalized spacial score (nSPS) is 12.2. The Hall–Kier alpha value is -6.40. The molecule has 12 rings (SSSR count).